The van der Waals surface area contributed by atoms with E-state index in [9.17, 15) is 18.0 Å². The van der Waals surface area contributed by atoms with E-state index in [1.54, 1.807) is 0 Å². The molecule has 0 saturated carbocycles. The predicted molar refractivity (Wildman–Crippen MR) is 65.0 cm³/mol. The number of alkyl halides is 3. The molecule has 1 aromatic rings. The fraction of sp³-hybridized carbons (Fsp3) is 0.667. The van der Waals surface area contributed by atoms with Crippen molar-refractivity contribution in [2.24, 2.45) is 0 Å². The van der Waals surface area contributed by atoms with Gasteiger partial charge >= 0.3 is 6.18 Å². The lowest BCUT2D eigenvalue weighted by Crippen LogP contribution is -2.19. The fourth-order valence-corrected chi connectivity index (χ4v) is 1.62. The summed E-state index contributed by atoms with van der Waals surface area (Å²) in [5, 5.41) is 4.03. The molecule has 0 atom stereocenters. The summed E-state index contributed by atoms with van der Waals surface area (Å²) in [7, 11) is 1.40. The number of methoxy groups -OCH3 is 1. The lowest BCUT2D eigenvalue weighted by atomic mass is 10.2. The number of halogens is 3. The van der Waals surface area contributed by atoms with Crippen molar-refractivity contribution in [2.75, 3.05) is 20.3 Å². The summed E-state index contributed by atoms with van der Waals surface area (Å²) in [5.74, 6) is -0.0604. The van der Waals surface area contributed by atoms with Crippen molar-refractivity contribution in [3.8, 4) is 5.75 Å². The van der Waals surface area contributed by atoms with E-state index in [0.717, 1.165) is 0 Å². The summed E-state index contributed by atoms with van der Waals surface area (Å²) in [6.45, 7) is 2.01. The normalized spacial score (nSPS) is 11.9. The van der Waals surface area contributed by atoms with E-state index in [-0.39, 0.29) is 30.5 Å². The molecule has 20 heavy (non-hydrogen) atoms. The van der Waals surface area contributed by atoms with Crippen molar-refractivity contribution in [3.05, 3.63) is 11.9 Å². The van der Waals surface area contributed by atoms with Crippen LogP contribution in [0.15, 0.2) is 6.20 Å². The van der Waals surface area contributed by atoms with E-state index in [2.05, 4.69) is 9.84 Å². The number of nitrogens with zero attached hydrogens (tertiary/aromatic N) is 2. The maximum atomic E-state index is 12.0. The average molecular weight is 294 g/mol. The Kier molecular flexibility index (Phi) is 5.55. The van der Waals surface area contributed by atoms with E-state index in [1.165, 1.54) is 18.0 Å². The van der Waals surface area contributed by atoms with Crippen molar-refractivity contribution < 1.29 is 27.4 Å². The van der Waals surface area contributed by atoms with Gasteiger partial charge in [-0.3, -0.25) is 9.48 Å². The number of aromatic nitrogens is 2. The van der Waals surface area contributed by atoms with Gasteiger partial charge in [0.25, 0.3) is 0 Å². The third kappa shape index (κ3) is 4.52. The van der Waals surface area contributed by atoms with Gasteiger partial charge in [-0.15, -0.1) is 0 Å². The summed E-state index contributed by atoms with van der Waals surface area (Å²) < 4.78 is 46.6. The van der Waals surface area contributed by atoms with Gasteiger partial charge in [0.05, 0.1) is 19.9 Å². The largest absolute Gasteiger partial charge is 0.493 e. The molecule has 1 rings (SSSR count). The molecular weight excluding hydrogens is 277 g/mol. The van der Waals surface area contributed by atoms with Crippen LogP contribution in [0.2, 0.25) is 0 Å². The number of ketones is 1. The zero-order valence-electron chi connectivity index (χ0n) is 11.5. The van der Waals surface area contributed by atoms with Gasteiger partial charge in [0.2, 0.25) is 0 Å². The van der Waals surface area contributed by atoms with Crippen molar-refractivity contribution in [3.63, 3.8) is 0 Å². The number of carbonyl (C=O) groups excluding carboxylic acids is 1. The zero-order chi connectivity index (χ0) is 15.3. The van der Waals surface area contributed by atoms with Crippen LogP contribution in [0.4, 0.5) is 13.2 Å². The number of rotatable bonds is 7. The molecule has 1 heterocycles. The molecule has 0 spiro atoms. The second-order valence-corrected chi connectivity index (χ2v) is 4.44. The highest BCUT2D eigenvalue weighted by atomic mass is 19.4. The Bertz CT molecular complexity index is 455. The van der Waals surface area contributed by atoms with Crippen LogP contribution in [-0.2, 0) is 4.74 Å². The minimum Gasteiger partial charge on any atom is -0.493 e. The zero-order valence-corrected chi connectivity index (χ0v) is 11.5. The lowest BCUT2D eigenvalue weighted by molar-refractivity contribution is -0.173. The molecule has 0 fully saturated rings. The molecule has 114 valence electrons. The molecule has 0 aliphatic carbocycles. The first-order chi connectivity index (χ1) is 9.26. The molecule has 5 nitrogen and oxygen atoms in total. The van der Waals surface area contributed by atoms with Crippen molar-refractivity contribution in [1.29, 1.82) is 0 Å². The van der Waals surface area contributed by atoms with Crippen molar-refractivity contribution in [1.82, 2.24) is 9.78 Å². The van der Waals surface area contributed by atoms with Crippen LogP contribution in [0.3, 0.4) is 0 Å². The van der Waals surface area contributed by atoms with Gasteiger partial charge in [0.1, 0.15) is 12.3 Å². The molecule has 1 aromatic heterocycles. The smallest absolute Gasteiger partial charge is 0.411 e. The molecule has 0 unspecified atom stereocenters. The highest BCUT2D eigenvalue weighted by molar-refractivity contribution is 5.97. The summed E-state index contributed by atoms with van der Waals surface area (Å²) in [5.41, 5.74) is 0.248. The van der Waals surface area contributed by atoms with Crippen LogP contribution in [0, 0.1) is 0 Å². The standard InChI is InChI=1S/C12H17F3N2O3/c1-8(2)17-11(10(19-3)6-16-17)9(18)4-5-20-7-12(13,14)15/h6,8H,4-5,7H2,1-3H3. The number of hydrogen-bond acceptors (Lipinski definition) is 4. The molecule has 0 N–H and O–H groups in total. The van der Waals surface area contributed by atoms with Crippen LogP contribution in [0.5, 0.6) is 5.75 Å². The number of carbonyl (C=O) groups is 1. The first kappa shape index (κ1) is 16.5. The van der Waals surface area contributed by atoms with Gasteiger partial charge in [0.15, 0.2) is 11.5 Å². The Morgan fingerprint density at radius 2 is 2.10 bits per heavy atom. The Morgan fingerprint density at radius 1 is 1.45 bits per heavy atom. The minimum absolute atomic E-state index is 0.0612. The average Bonchev–Trinajstić information content (AvgIpc) is 2.77. The maximum absolute atomic E-state index is 12.0. The molecule has 0 aliphatic heterocycles. The van der Waals surface area contributed by atoms with E-state index >= 15 is 0 Å². The summed E-state index contributed by atoms with van der Waals surface area (Å²) in [6.07, 6.45) is -3.14. The number of hydrogen-bond donors (Lipinski definition) is 0. The van der Waals surface area contributed by atoms with E-state index in [1.807, 2.05) is 13.8 Å². The monoisotopic (exact) mass is 294 g/mol. The van der Waals surface area contributed by atoms with Crippen molar-refractivity contribution in [2.45, 2.75) is 32.5 Å². The molecule has 0 radical (unpaired) electrons. The molecular formula is C12H17F3N2O3. The summed E-state index contributed by atoms with van der Waals surface area (Å²) in [4.78, 5) is 12.0. The van der Waals surface area contributed by atoms with E-state index in [4.69, 9.17) is 4.74 Å². The van der Waals surface area contributed by atoms with Gasteiger partial charge in [-0.25, -0.2) is 0 Å². The van der Waals surface area contributed by atoms with Gasteiger partial charge in [-0.1, -0.05) is 0 Å². The molecule has 0 aromatic carbocycles. The molecule has 0 bridgehead atoms. The first-order valence-corrected chi connectivity index (χ1v) is 6.05. The van der Waals surface area contributed by atoms with Crippen LogP contribution in [-0.4, -0.2) is 42.1 Å². The molecule has 8 heteroatoms. The summed E-state index contributed by atoms with van der Waals surface area (Å²) >= 11 is 0. The Morgan fingerprint density at radius 3 is 2.60 bits per heavy atom. The number of Topliss-reactive ketones (excluding diaryl/α,β-unsaturated/α-hetero) is 1. The quantitative estimate of drug-likeness (QED) is 0.573. The maximum Gasteiger partial charge on any atom is 0.411 e. The fourth-order valence-electron chi connectivity index (χ4n) is 1.62. The van der Waals surface area contributed by atoms with Crippen LogP contribution < -0.4 is 4.74 Å². The van der Waals surface area contributed by atoms with E-state index in [0.29, 0.717) is 5.75 Å². The summed E-state index contributed by atoms with van der Waals surface area (Å²) in [6, 6.07) is -0.0612. The van der Waals surface area contributed by atoms with Gasteiger partial charge in [-0.05, 0) is 13.8 Å². The molecule has 0 amide bonds. The SMILES string of the molecule is COc1cnn(C(C)C)c1C(=O)CCOCC(F)(F)F. The second kappa shape index (κ2) is 6.74. The van der Waals surface area contributed by atoms with Crippen molar-refractivity contribution >= 4 is 5.78 Å². The number of ether oxygens (including phenoxy) is 2. The second-order valence-electron chi connectivity index (χ2n) is 4.44. The minimum atomic E-state index is -4.39. The van der Waals surface area contributed by atoms with Crippen LogP contribution in [0.25, 0.3) is 0 Å². The highest BCUT2D eigenvalue weighted by Crippen LogP contribution is 2.22. The van der Waals surface area contributed by atoms with Gasteiger partial charge < -0.3 is 9.47 Å². The van der Waals surface area contributed by atoms with Gasteiger partial charge in [-0.2, -0.15) is 18.3 Å². The predicted octanol–water partition coefficient (Wildman–Crippen LogP) is 2.62. The molecule has 0 aliphatic rings. The van der Waals surface area contributed by atoms with Crippen LogP contribution >= 0.6 is 0 Å². The Hall–Kier alpha value is -1.57. The first-order valence-electron chi connectivity index (χ1n) is 6.05. The third-order valence-corrected chi connectivity index (χ3v) is 2.47. The van der Waals surface area contributed by atoms with Crippen LogP contribution in [0.1, 0.15) is 36.8 Å². The lowest BCUT2D eigenvalue weighted by Gasteiger charge is -2.11. The third-order valence-electron chi connectivity index (χ3n) is 2.47. The molecule has 0 saturated heterocycles. The van der Waals surface area contributed by atoms with Gasteiger partial charge in [0, 0.05) is 12.5 Å². The highest BCUT2D eigenvalue weighted by Gasteiger charge is 2.28. The Balaban J connectivity index is 2.65. The Labute approximate surface area is 114 Å². The topological polar surface area (TPSA) is 53.4 Å². The van der Waals surface area contributed by atoms with E-state index < -0.39 is 12.8 Å².